The van der Waals surface area contributed by atoms with Crippen molar-refractivity contribution in [2.45, 2.75) is 24.9 Å². The highest BCUT2D eigenvalue weighted by atomic mass is 35.5. The third kappa shape index (κ3) is 6.38. The van der Waals surface area contributed by atoms with Gasteiger partial charge in [-0.25, -0.2) is 4.79 Å². The molecular weight excluding hydrogens is 459 g/mol. The van der Waals surface area contributed by atoms with Gasteiger partial charge in [0.1, 0.15) is 5.75 Å². The largest absolute Gasteiger partial charge is 0.497 e. The van der Waals surface area contributed by atoms with Crippen LogP contribution in [0.3, 0.4) is 0 Å². The Kier molecular flexibility index (Phi) is 7.70. The van der Waals surface area contributed by atoms with Crippen LogP contribution in [0, 0.1) is 0 Å². The molecule has 2 aromatic carbocycles. The van der Waals surface area contributed by atoms with Gasteiger partial charge >= 0.3 is 6.03 Å². The van der Waals surface area contributed by atoms with E-state index in [-0.39, 0.29) is 18.0 Å². The van der Waals surface area contributed by atoms with Gasteiger partial charge in [-0.15, -0.1) is 0 Å². The van der Waals surface area contributed by atoms with Gasteiger partial charge in [-0.3, -0.25) is 9.88 Å². The number of ether oxygens (including phenoxy) is 1. The molecule has 0 saturated carbocycles. The average Bonchev–Trinajstić information content (AvgIpc) is 2.82. The first-order valence-electron chi connectivity index (χ1n) is 10.8. The number of aromatic nitrogens is 1. The van der Waals surface area contributed by atoms with E-state index in [1.165, 1.54) is 0 Å². The van der Waals surface area contributed by atoms with Crippen molar-refractivity contribution < 1.29 is 9.53 Å². The maximum Gasteiger partial charge on any atom is 0.319 e. The number of methoxy groups -OCH3 is 1. The Morgan fingerprint density at radius 1 is 1.09 bits per heavy atom. The van der Waals surface area contributed by atoms with E-state index in [1.807, 2.05) is 24.4 Å². The van der Waals surface area contributed by atoms with Gasteiger partial charge in [0.05, 0.1) is 12.1 Å². The molecule has 0 radical (unpaired) electrons. The Bertz CT molecular complexity index is 1080. The molecule has 2 heterocycles. The summed E-state index contributed by atoms with van der Waals surface area (Å²) in [6.07, 6.45) is 4.30. The molecule has 0 aliphatic carbocycles. The predicted molar refractivity (Wildman–Crippen MR) is 132 cm³/mol. The summed E-state index contributed by atoms with van der Waals surface area (Å²) >= 11 is 12.1. The van der Waals surface area contributed by atoms with E-state index >= 15 is 0 Å². The third-order valence-electron chi connectivity index (χ3n) is 5.83. The number of pyridine rings is 1. The molecule has 1 fully saturated rings. The Balaban J connectivity index is 1.48. The monoisotopic (exact) mass is 484 g/mol. The first kappa shape index (κ1) is 23.4. The normalized spacial score (nSPS) is 18.5. The fourth-order valence-corrected chi connectivity index (χ4v) is 4.52. The minimum absolute atomic E-state index is 0.0144. The first-order chi connectivity index (χ1) is 16.0. The molecule has 1 aliphatic heterocycles. The van der Waals surface area contributed by atoms with E-state index in [2.05, 4.69) is 32.7 Å². The number of likely N-dealkylation sites (tertiary alicyclic amines) is 1. The average molecular weight is 485 g/mol. The molecule has 1 aliphatic rings. The van der Waals surface area contributed by atoms with Crippen LogP contribution in [0.4, 0.5) is 10.5 Å². The van der Waals surface area contributed by atoms with Crippen LogP contribution in [0.25, 0.3) is 0 Å². The molecule has 1 aromatic heterocycles. The molecule has 2 atom stereocenters. The maximum atomic E-state index is 12.7. The number of rotatable bonds is 6. The lowest BCUT2D eigenvalue weighted by molar-refractivity contribution is 0.168. The number of carbonyl (C=O) groups excluding carboxylic acids is 1. The van der Waals surface area contributed by atoms with Crippen LogP contribution in [-0.2, 0) is 6.54 Å². The molecule has 3 aromatic rings. The Labute approximate surface area is 203 Å². The van der Waals surface area contributed by atoms with Crippen molar-refractivity contribution in [1.29, 1.82) is 0 Å². The lowest BCUT2D eigenvalue weighted by Crippen LogP contribution is -2.50. The second kappa shape index (κ2) is 10.9. The zero-order valence-electron chi connectivity index (χ0n) is 18.3. The van der Waals surface area contributed by atoms with Crippen LogP contribution < -0.4 is 15.4 Å². The molecule has 2 amide bonds. The number of urea groups is 1. The van der Waals surface area contributed by atoms with Gasteiger partial charge in [0.2, 0.25) is 0 Å². The van der Waals surface area contributed by atoms with Crippen LogP contribution in [0.5, 0.6) is 5.75 Å². The smallest absolute Gasteiger partial charge is 0.319 e. The van der Waals surface area contributed by atoms with E-state index in [0.717, 1.165) is 42.9 Å². The fraction of sp³-hybridized carbons (Fsp3) is 0.280. The molecule has 33 heavy (non-hydrogen) atoms. The first-order valence-corrected chi connectivity index (χ1v) is 11.5. The second-order valence-electron chi connectivity index (χ2n) is 8.13. The van der Waals surface area contributed by atoms with Gasteiger partial charge in [0.15, 0.2) is 0 Å². The minimum atomic E-state index is -0.228. The van der Waals surface area contributed by atoms with E-state index in [4.69, 9.17) is 27.9 Å². The minimum Gasteiger partial charge on any atom is -0.497 e. The van der Waals surface area contributed by atoms with E-state index in [0.29, 0.717) is 15.7 Å². The van der Waals surface area contributed by atoms with Gasteiger partial charge in [-0.2, -0.15) is 0 Å². The molecule has 2 unspecified atom stereocenters. The summed E-state index contributed by atoms with van der Waals surface area (Å²) < 4.78 is 5.32. The summed E-state index contributed by atoms with van der Waals surface area (Å²) in [5, 5.41) is 7.34. The van der Waals surface area contributed by atoms with E-state index < -0.39 is 0 Å². The topological polar surface area (TPSA) is 66.5 Å². The van der Waals surface area contributed by atoms with Crippen molar-refractivity contribution in [3.05, 3.63) is 88.2 Å². The number of halogens is 2. The highest BCUT2D eigenvalue weighted by Crippen LogP contribution is 2.30. The van der Waals surface area contributed by atoms with Crippen LogP contribution >= 0.6 is 23.2 Å². The van der Waals surface area contributed by atoms with Crippen molar-refractivity contribution in [1.82, 2.24) is 15.2 Å². The van der Waals surface area contributed by atoms with Crippen LogP contribution in [0.15, 0.2) is 67.0 Å². The number of nitrogens with zero attached hydrogens (tertiary/aromatic N) is 2. The second-order valence-corrected chi connectivity index (χ2v) is 9.00. The molecule has 6 nitrogen and oxygen atoms in total. The van der Waals surface area contributed by atoms with Crippen LogP contribution in [0.2, 0.25) is 10.0 Å². The number of benzene rings is 2. The molecule has 4 rings (SSSR count). The number of hydrogen-bond donors (Lipinski definition) is 2. The van der Waals surface area contributed by atoms with Gasteiger partial charge in [-0.05, 0) is 60.0 Å². The molecule has 0 spiro atoms. The number of anilines is 1. The van der Waals surface area contributed by atoms with Crippen molar-refractivity contribution in [3.63, 3.8) is 0 Å². The van der Waals surface area contributed by atoms with Crippen molar-refractivity contribution in [2.75, 3.05) is 25.5 Å². The quantitative estimate of drug-likeness (QED) is 0.479. The summed E-state index contributed by atoms with van der Waals surface area (Å²) in [7, 11) is 1.65. The molecule has 1 saturated heterocycles. The Hall–Kier alpha value is -2.80. The summed E-state index contributed by atoms with van der Waals surface area (Å²) in [5.74, 6) is 0.925. The summed E-state index contributed by atoms with van der Waals surface area (Å²) in [5.41, 5.74) is 2.92. The molecule has 172 valence electrons. The molecule has 2 N–H and O–H groups in total. The molecule has 0 bridgehead atoms. The van der Waals surface area contributed by atoms with Crippen LogP contribution in [0.1, 0.15) is 23.5 Å². The summed E-state index contributed by atoms with van der Waals surface area (Å²) in [6, 6.07) is 16.8. The Morgan fingerprint density at radius 2 is 1.85 bits per heavy atom. The number of piperidine rings is 1. The maximum absolute atomic E-state index is 12.7. The predicted octanol–water partition coefficient (Wildman–Crippen LogP) is 5.58. The van der Waals surface area contributed by atoms with Gasteiger partial charge in [0.25, 0.3) is 0 Å². The lowest BCUT2D eigenvalue weighted by Gasteiger charge is -2.39. The number of carbonyl (C=O) groups is 1. The zero-order chi connectivity index (χ0) is 23.2. The molecular formula is C25H26Cl2N4O2. The Morgan fingerprint density at radius 3 is 2.55 bits per heavy atom. The van der Waals surface area contributed by atoms with Gasteiger partial charge < -0.3 is 15.4 Å². The highest BCUT2D eigenvalue weighted by molar-refractivity contribution is 6.30. The third-order valence-corrected chi connectivity index (χ3v) is 6.29. The number of nitrogens with one attached hydrogen (secondary N) is 2. The fourth-order valence-electron chi connectivity index (χ4n) is 4.19. The van der Waals surface area contributed by atoms with Crippen molar-refractivity contribution in [3.8, 4) is 5.75 Å². The summed E-state index contributed by atoms with van der Waals surface area (Å²) in [4.78, 5) is 19.3. The molecule has 8 heteroatoms. The lowest BCUT2D eigenvalue weighted by atomic mass is 9.85. The standard InChI is InChI=1S/C25H26Cl2N4O2/c1-33-22-8-2-18(3-9-22)23-16-31(15-17-12-20(27)14-28-13-17)11-10-24(23)30-25(32)29-21-6-4-19(26)5-7-21/h2-9,12-14,23-24H,10-11,15-16H2,1H3,(H2,29,30,32). The van der Waals surface area contributed by atoms with Crippen molar-refractivity contribution in [2.24, 2.45) is 0 Å². The SMILES string of the molecule is COc1ccc(C2CN(Cc3cncc(Cl)c3)CCC2NC(=O)Nc2ccc(Cl)cc2)cc1. The van der Waals surface area contributed by atoms with Gasteiger partial charge in [0, 0.05) is 54.7 Å². The van der Waals surface area contributed by atoms with Crippen molar-refractivity contribution >= 4 is 34.9 Å². The van der Waals surface area contributed by atoms with E-state index in [1.54, 1.807) is 37.6 Å². The highest BCUT2D eigenvalue weighted by Gasteiger charge is 2.31. The van der Waals surface area contributed by atoms with Crippen LogP contribution in [-0.4, -0.2) is 42.2 Å². The number of hydrogen-bond acceptors (Lipinski definition) is 4. The number of amides is 2. The zero-order valence-corrected chi connectivity index (χ0v) is 19.8. The van der Waals surface area contributed by atoms with E-state index in [9.17, 15) is 4.79 Å². The van der Waals surface area contributed by atoms with Gasteiger partial charge in [-0.1, -0.05) is 35.3 Å². The summed E-state index contributed by atoms with van der Waals surface area (Å²) in [6.45, 7) is 2.40.